The van der Waals surface area contributed by atoms with Crippen LogP contribution in [0.4, 0.5) is 11.4 Å². The molecular formula is C6H4N3O2-. The molecule has 0 spiro atoms. The molecule has 11 heavy (non-hydrogen) atoms. The summed E-state index contributed by atoms with van der Waals surface area (Å²) in [6.45, 7) is 0. The molecule has 0 saturated heterocycles. The fraction of sp³-hybridized carbons (Fsp3) is 0. The van der Waals surface area contributed by atoms with Crippen LogP contribution in [0.2, 0.25) is 0 Å². The molecule has 1 aromatic rings. The monoisotopic (exact) mass is 150 g/mol. The summed E-state index contributed by atoms with van der Waals surface area (Å²) in [5.74, 6) is 0. The van der Waals surface area contributed by atoms with Gasteiger partial charge in [-0.2, -0.15) is 0 Å². The fourth-order valence-corrected chi connectivity index (χ4v) is 0.641. The maximum absolute atomic E-state index is 10.1. The first-order valence-corrected chi connectivity index (χ1v) is 2.83. The first kappa shape index (κ1) is 7.33. The minimum absolute atomic E-state index is 0.0163. The molecule has 0 aromatic heterocycles. The van der Waals surface area contributed by atoms with E-state index in [2.05, 4.69) is 5.11 Å². The normalized spacial score (nSPS) is 9.09. The zero-order valence-corrected chi connectivity index (χ0v) is 5.47. The summed E-state index contributed by atoms with van der Waals surface area (Å²) in [6.07, 6.45) is 0. The molecule has 5 nitrogen and oxygen atoms in total. The Bertz CT molecular complexity index is 280. The van der Waals surface area contributed by atoms with Crippen LogP contribution in [0.15, 0.2) is 29.4 Å². The Hall–Kier alpha value is -1.78. The second kappa shape index (κ2) is 2.87. The molecule has 0 amide bonds. The van der Waals surface area contributed by atoms with Crippen molar-refractivity contribution in [1.29, 1.82) is 0 Å². The van der Waals surface area contributed by atoms with Crippen molar-refractivity contribution in [3.8, 4) is 0 Å². The third-order valence-electron chi connectivity index (χ3n) is 1.18. The van der Waals surface area contributed by atoms with Crippen molar-refractivity contribution in [1.82, 2.24) is 0 Å². The van der Waals surface area contributed by atoms with Gasteiger partial charge in [-0.3, -0.25) is 10.1 Å². The highest BCUT2D eigenvalue weighted by atomic mass is 16.6. The fourth-order valence-electron chi connectivity index (χ4n) is 0.641. The third-order valence-corrected chi connectivity index (χ3v) is 1.18. The Balaban J connectivity index is 3.00. The largest absolute Gasteiger partial charge is 0.706 e. The van der Waals surface area contributed by atoms with E-state index in [0.29, 0.717) is 5.69 Å². The maximum Gasteiger partial charge on any atom is 0.269 e. The number of hydrogen-bond acceptors (Lipinski definition) is 3. The standard InChI is InChI=1S/C6H4N3O2/c7-8-5-1-3-6(4-2-5)9(10)11/h1-4H/q-1. The summed E-state index contributed by atoms with van der Waals surface area (Å²) < 4.78 is 0. The number of nitro benzene ring substituents is 1. The van der Waals surface area contributed by atoms with E-state index in [4.69, 9.17) is 5.53 Å². The predicted octanol–water partition coefficient (Wildman–Crippen LogP) is 2.25. The van der Waals surface area contributed by atoms with Crippen molar-refractivity contribution in [2.75, 3.05) is 0 Å². The summed E-state index contributed by atoms with van der Waals surface area (Å²) in [7, 11) is 0. The van der Waals surface area contributed by atoms with Gasteiger partial charge in [0.1, 0.15) is 0 Å². The van der Waals surface area contributed by atoms with Gasteiger partial charge in [0.2, 0.25) is 0 Å². The molecule has 0 atom stereocenters. The number of nitro groups is 1. The van der Waals surface area contributed by atoms with E-state index in [0.717, 1.165) is 0 Å². The van der Waals surface area contributed by atoms with Crippen LogP contribution < -0.4 is 0 Å². The average Bonchev–Trinajstić information content (AvgIpc) is 2.05. The third kappa shape index (κ3) is 1.57. The van der Waals surface area contributed by atoms with Crippen molar-refractivity contribution in [2.24, 2.45) is 5.11 Å². The van der Waals surface area contributed by atoms with Gasteiger partial charge in [0.15, 0.2) is 0 Å². The van der Waals surface area contributed by atoms with E-state index in [1.54, 1.807) is 0 Å². The number of benzene rings is 1. The van der Waals surface area contributed by atoms with Crippen LogP contribution in [0.5, 0.6) is 0 Å². The van der Waals surface area contributed by atoms with Crippen molar-refractivity contribution in [2.45, 2.75) is 0 Å². The Morgan fingerprint density at radius 1 is 1.36 bits per heavy atom. The molecular weight excluding hydrogens is 146 g/mol. The molecule has 0 unspecified atom stereocenters. The predicted molar refractivity (Wildman–Crippen MR) is 38.5 cm³/mol. The summed E-state index contributed by atoms with van der Waals surface area (Å²) >= 11 is 0. The summed E-state index contributed by atoms with van der Waals surface area (Å²) in [6, 6.07) is 5.26. The van der Waals surface area contributed by atoms with E-state index < -0.39 is 4.92 Å². The highest BCUT2D eigenvalue weighted by molar-refractivity contribution is 5.43. The van der Waals surface area contributed by atoms with Gasteiger partial charge in [0.25, 0.3) is 5.69 Å². The molecule has 0 radical (unpaired) electrons. The van der Waals surface area contributed by atoms with E-state index in [1.807, 2.05) is 0 Å². The second-order valence-electron chi connectivity index (χ2n) is 1.87. The Kier molecular flexibility index (Phi) is 1.91. The first-order valence-electron chi connectivity index (χ1n) is 2.83. The molecule has 0 saturated carbocycles. The summed E-state index contributed by atoms with van der Waals surface area (Å²) in [4.78, 5) is 9.60. The molecule has 0 fully saturated rings. The van der Waals surface area contributed by atoms with Crippen molar-refractivity contribution >= 4 is 11.4 Å². The molecule has 0 bridgehead atoms. The molecule has 1 aromatic carbocycles. The molecule has 1 rings (SSSR count). The van der Waals surface area contributed by atoms with Crippen LogP contribution in [0.1, 0.15) is 0 Å². The van der Waals surface area contributed by atoms with Crippen LogP contribution >= 0.6 is 0 Å². The summed E-state index contributed by atoms with van der Waals surface area (Å²) in [5.41, 5.74) is 8.51. The lowest BCUT2D eigenvalue weighted by atomic mass is 10.3. The van der Waals surface area contributed by atoms with Crippen LogP contribution in [0, 0.1) is 10.1 Å². The molecule has 5 heteroatoms. The van der Waals surface area contributed by atoms with Crippen molar-refractivity contribution < 1.29 is 4.92 Å². The lowest BCUT2D eigenvalue weighted by molar-refractivity contribution is -0.384. The second-order valence-corrected chi connectivity index (χ2v) is 1.87. The number of non-ortho nitro benzene ring substituents is 1. The quantitative estimate of drug-likeness (QED) is 0.368. The van der Waals surface area contributed by atoms with E-state index in [9.17, 15) is 10.1 Å². The Labute approximate surface area is 62.3 Å². The zero-order chi connectivity index (χ0) is 8.27. The van der Waals surface area contributed by atoms with Crippen molar-refractivity contribution in [3.63, 3.8) is 0 Å². The van der Waals surface area contributed by atoms with Gasteiger partial charge in [-0.25, -0.2) is 0 Å². The first-order chi connectivity index (χ1) is 5.24. The lowest BCUT2D eigenvalue weighted by Crippen LogP contribution is -1.85. The molecule has 0 aliphatic rings. The minimum Gasteiger partial charge on any atom is -0.706 e. The van der Waals surface area contributed by atoms with Gasteiger partial charge in [-0.05, 0) is 12.1 Å². The molecule has 0 aliphatic carbocycles. The number of hydrogen-bond donors (Lipinski definition) is 0. The van der Waals surface area contributed by atoms with Gasteiger partial charge in [0, 0.05) is 17.8 Å². The van der Waals surface area contributed by atoms with Crippen LogP contribution in [0.25, 0.3) is 5.53 Å². The minimum atomic E-state index is -0.513. The van der Waals surface area contributed by atoms with Gasteiger partial charge in [-0.15, -0.1) is 0 Å². The van der Waals surface area contributed by atoms with Crippen LogP contribution in [0.3, 0.4) is 0 Å². The average molecular weight is 150 g/mol. The molecule has 56 valence electrons. The van der Waals surface area contributed by atoms with Crippen molar-refractivity contribution in [3.05, 3.63) is 39.9 Å². The topological polar surface area (TPSA) is 77.8 Å². The Morgan fingerprint density at radius 2 is 1.91 bits per heavy atom. The van der Waals surface area contributed by atoms with E-state index >= 15 is 0 Å². The number of nitrogens with zero attached hydrogens (tertiary/aromatic N) is 3. The molecule has 0 aliphatic heterocycles. The molecule has 0 heterocycles. The smallest absolute Gasteiger partial charge is 0.269 e. The van der Waals surface area contributed by atoms with E-state index in [1.165, 1.54) is 24.3 Å². The zero-order valence-electron chi connectivity index (χ0n) is 5.47. The van der Waals surface area contributed by atoms with E-state index in [-0.39, 0.29) is 5.69 Å². The summed E-state index contributed by atoms with van der Waals surface area (Å²) in [5, 5.41) is 13.0. The van der Waals surface area contributed by atoms with Gasteiger partial charge in [0.05, 0.1) is 4.92 Å². The van der Waals surface area contributed by atoms with Gasteiger partial charge >= 0.3 is 0 Å². The van der Waals surface area contributed by atoms with Gasteiger partial charge in [-0.1, -0.05) is 0 Å². The number of rotatable bonds is 2. The van der Waals surface area contributed by atoms with Gasteiger partial charge < -0.3 is 10.6 Å². The SMILES string of the molecule is [N-]=Nc1ccc([N+](=O)[O-])cc1. The maximum atomic E-state index is 10.1. The van der Waals surface area contributed by atoms with Crippen LogP contribution in [-0.2, 0) is 0 Å². The lowest BCUT2D eigenvalue weighted by Gasteiger charge is -1.94. The highest BCUT2D eigenvalue weighted by Gasteiger charge is 2.01. The molecule has 0 N–H and O–H groups in total. The Morgan fingerprint density at radius 3 is 2.27 bits per heavy atom. The highest BCUT2D eigenvalue weighted by Crippen LogP contribution is 2.17. The van der Waals surface area contributed by atoms with Crippen LogP contribution in [-0.4, -0.2) is 4.92 Å².